The second kappa shape index (κ2) is 7.47. The van der Waals surface area contributed by atoms with E-state index in [-0.39, 0.29) is 5.75 Å². The first-order valence-electron chi connectivity index (χ1n) is 7.38. The molecule has 0 radical (unpaired) electrons. The Morgan fingerprint density at radius 2 is 1.86 bits per heavy atom. The Kier molecular flexibility index (Phi) is 5.90. The molecule has 1 aliphatic rings. The molecule has 1 heterocycles. The monoisotopic (exact) mass is 330 g/mol. The number of anilines is 1. The predicted octanol–water partition coefficient (Wildman–Crippen LogP) is 2.47. The fraction of sp³-hybridized carbons (Fsp3) is 0.600. The standard InChI is InChI=1S/C15H23ClN2O2S/c1-14-5-4-6-15(13-14)17-8-10-18(11-9-17)21(19,20)12-3-2-7-16/h4-6,13H,2-3,7-12H2,1H3. The van der Waals surface area contributed by atoms with Crippen LogP contribution in [0.2, 0.25) is 0 Å². The maximum absolute atomic E-state index is 12.2. The SMILES string of the molecule is Cc1cccc(N2CCN(S(=O)(=O)CCCCCl)CC2)c1. The lowest BCUT2D eigenvalue weighted by Gasteiger charge is -2.35. The lowest BCUT2D eigenvalue weighted by molar-refractivity contribution is 0.384. The summed E-state index contributed by atoms with van der Waals surface area (Å²) in [6.07, 6.45) is 1.40. The van der Waals surface area contributed by atoms with E-state index in [1.165, 1.54) is 11.3 Å². The van der Waals surface area contributed by atoms with Gasteiger partial charge in [-0.25, -0.2) is 8.42 Å². The van der Waals surface area contributed by atoms with Crippen LogP contribution in [0.1, 0.15) is 18.4 Å². The zero-order chi connectivity index (χ0) is 15.3. The number of sulfonamides is 1. The second-order valence-electron chi connectivity index (χ2n) is 5.44. The lowest BCUT2D eigenvalue weighted by atomic mass is 10.2. The molecular formula is C15H23ClN2O2S. The molecule has 0 aromatic heterocycles. The maximum atomic E-state index is 12.2. The largest absolute Gasteiger partial charge is 0.369 e. The first-order valence-corrected chi connectivity index (χ1v) is 9.53. The van der Waals surface area contributed by atoms with E-state index in [9.17, 15) is 8.42 Å². The number of halogens is 1. The summed E-state index contributed by atoms with van der Waals surface area (Å²) in [4.78, 5) is 2.25. The van der Waals surface area contributed by atoms with Gasteiger partial charge in [0, 0.05) is 37.7 Å². The van der Waals surface area contributed by atoms with E-state index >= 15 is 0 Å². The highest BCUT2D eigenvalue weighted by Crippen LogP contribution is 2.19. The van der Waals surface area contributed by atoms with Crippen molar-refractivity contribution in [1.82, 2.24) is 4.31 Å². The minimum Gasteiger partial charge on any atom is -0.369 e. The Balaban J connectivity index is 1.91. The van der Waals surface area contributed by atoms with Crippen LogP contribution < -0.4 is 4.90 Å². The first-order chi connectivity index (χ1) is 10.0. The molecular weight excluding hydrogens is 308 g/mol. The molecule has 6 heteroatoms. The molecule has 0 saturated carbocycles. The normalized spacial score (nSPS) is 17.1. The van der Waals surface area contributed by atoms with E-state index < -0.39 is 10.0 Å². The smallest absolute Gasteiger partial charge is 0.214 e. The highest BCUT2D eigenvalue weighted by molar-refractivity contribution is 7.89. The van der Waals surface area contributed by atoms with Gasteiger partial charge in [-0.3, -0.25) is 0 Å². The van der Waals surface area contributed by atoms with Crippen molar-refractivity contribution in [2.45, 2.75) is 19.8 Å². The van der Waals surface area contributed by atoms with Crippen molar-refractivity contribution in [3.8, 4) is 0 Å². The molecule has 0 atom stereocenters. The topological polar surface area (TPSA) is 40.6 Å². The summed E-state index contributed by atoms with van der Waals surface area (Å²) in [6.45, 7) is 4.70. The van der Waals surface area contributed by atoms with Crippen molar-refractivity contribution < 1.29 is 8.42 Å². The molecule has 0 amide bonds. The number of aryl methyl sites for hydroxylation is 1. The predicted molar refractivity (Wildman–Crippen MR) is 88.7 cm³/mol. The Morgan fingerprint density at radius 1 is 1.14 bits per heavy atom. The molecule has 4 nitrogen and oxygen atoms in total. The van der Waals surface area contributed by atoms with Crippen LogP contribution >= 0.6 is 11.6 Å². The number of piperazine rings is 1. The average Bonchev–Trinajstić information content (AvgIpc) is 2.47. The number of nitrogens with zero attached hydrogens (tertiary/aromatic N) is 2. The van der Waals surface area contributed by atoms with Crippen molar-refractivity contribution in [1.29, 1.82) is 0 Å². The zero-order valence-electron chi connectivity index (χ0n) is 12.5. The fourth-order valence-electron chi connectivity index (χ4n) is 2.56. The summed E-state index contributed by atoms with van der Waals surface area (Å²) in [6, 6.07) is 8.34. The van der Waals surface area contributed by atoms with Crippen LogP contribution in [0.25, 0.3) is 0 Å². The van der Waals surface area contributed by atoms with E-state index in [1.807, 2.05) is 6.07 Å². The molecule has 0 aliphatic carbocycles. The molecule has 1 aromatic carbocycles. The molecule has 0 N–H and O–H groups in total. The molecule has 0 spiro atoms. The Labute approximate surface area is 132 Å². The highest BCUT2D eigenvalue weighted by Gasteiger charge is 2.26. The van der Waals surface area contributed by atoms with Crippen molar-refractivity contribution in [3.63, 3.8) is 0 Å². The Bertz CT molecular complexity index is 555. The van der Waals surface area contributed by atoms with E-state index in [2.05, 4.69) is 30.0 Å². The summed E-state index contributed by atoms with van der Waals surface area (Å²) in [5, 5.41) is 0. The van der Waals surface area contributed by atoms with E-state index in [0.717, 1.165) is 19.5 Å². The number of alkyl halides is 1. The average molecular weight is 331 g/mol. The minimum absolute atomic E-state index is 0.212. The number of hydrogen-bond donors (Lipinski definition) is 0. The summed E-state index contributed by atoms with van der Waals surface area (Å²) < 4.78 is 26.1. The minimum atomic E-state index is -3.12. The van der Waals surface area contributed by atoms with Gasteiger partial charge in [0.05, 0.1) is 5.75 Å². The number of rotatable bonds is 6. The zero-order valence-corrected chi connectivity index (χ0v) is 14.0. The van der Waals surface area contributed by atoms with Crippen molar-refractivity contribution >= 4 is 27.3 Å². The van der Waals surface area contributed by atoms with E-state index in [1.54, 1.807) is 4.31 Å². The maximum Gasteiger partial charge on any atom is 0.214 e. The molecule has 1 saturated heterocycles. The third-order valence-corrected chi connectivity index (χ3v) is 6.01. The van der Waals surface area contributed by atoms with Gasteiger partial charge in [0.2, 0.25) is 10.0 Å². The van der Waals surface area contributed by atoms with Gasteiger partial charge in [-0.05, 0) is 37.5 Å². The molecule has 2 rings (SSSR count). The lowest BCUT2D eigenvalue weighted by Crippen LogP contribution is -2.49. The summed E-state index contributed by atoms with van der Waals surface area (Å²) in [5.41, 5.74) is 2.40. The molecule has 0 bridgehead atoms. The van der Waals surface area contributed by atoms with Crippen LogP contribution in [0.15, 0.2) is 24.3 Å². The van der Waals surface area contributed by atoms with E-state index in [4.69, 9.17) is 11.6 Å². The van der Waals surface area contributed by atoms with Crippen LogP contribution in [-0.4, -0.2) is 50.5 Å². The number of unbranched alkanes of at least 4 members (excludes halogenated alkanes) is 1. The van der Waals surface area contributed by atoms with Crippen molar-refractivity contribution in [2.75, 3.05) is 42.7 Å². The summed E-state index contributed by atoms with van der Waals surface area (Å²) in [7, 11) is -3.12. The summed E-state index contributed by atoms with van der Waals surface area (Å²) in [5.74, 6) is 0.737. The molecule has 1 aromatic rings. The van der Waals surface area contributed by atoms with Crippen LogP contribution in [0, 0.1) is 6.92 Å². The van der Waals surface area contributed by atoms with Crippen LogP contribution in [0.5, 0.6) is 0 Å². The molecule has 118 valence electrons. The first kappa shape index (κ1) is 16.6. The Hall–Kier alpha value is -0.780. The van der Waals surface area contributed by atoms with Gasteiger partial charge < -0.3 is 4.90 Å². The van der Waals surface area contributed by atoms with Crippen LogP contribution in [0.3, 0.4) is 0 Å². The highest BCUT2D eigenvalue weighted by atomic mass is 35.5. The summed E-state index contributed by atoms with van der Waals surface area (Å²) >= 11 is 5.60. The van der Waals surface area contributed by atoms with Gasteiger partial charge in [-0.2, -0.15) is 4.31 Å². The second-order valence-corrected chi connectivity index (χ2v) is 7.90. The number of benzene rings is 1. The van der Waals surface area contributed by atoms with Crippen molar-refractivity contribution in [2.24, 2.45) is 0 Å². The van der Waals surface area contributed by atoms with Crippen LogP contribution in [-0.2, 0) is 10.0 Å². The molecule has 1 aliphatic heterocycles. The van der Waals surface area contributed by atoms with Gasteiger partial charge in [-0.1, -0.05) is 12.1 Å². The van der Waals surface area contributed by atoms with Crippen LogP contribution in [0.4, 0.5) is 5.69 Å². The molecule has 0 unspecified atom stereocenters. The third-order valence-electron chi connectivity index (χ3n) is 3.78. The van der Waals surface area contributed by atoms with Gasteiger partial charge in [-0.15, -0.1) is 11.6 Å². The van der Waals surface area contributed by atoms with Gasteiger partial charge in [0.1, 0.15) is 0 Å². The Morgan fingerprint density at radius 3 is 2.48 bits per heavy atom. The van der Waals surface area contributed by atoms with Gasteiger partial charge >= 0.3 is 0 Å². The van der Waals surface area contributed by atoms with Crippen molar-refractivity contribution in [3.05, 3.63) is 29.8 Å². The molecule has 21 heavy (non-hydrogen) atoms. The fourth-order valence-corrected chi connectivity index (χ4v) is 4.29. The van der Waals surface area contributed by atoms with Gasteiger partial charge in [0.25, 0.3) is 0 Å². The van der Waals surface area contributed by atoms with Gasteiger partial charge in [0.15, 0.2) is 0 Å². The molecule has 1 fully saturated rings. The quantitative estimate of drug-likeness (QED) is 0.594. The van der Waals surface area contributed by atoms with E-state index in [0.29, 0.717) is 25.4 Å². The third kappa shape index (κ3) is 4.59. The number of hydrogen-bond acceptors (Lipinski definition) is 3.